The molecule has 0 saturated carbocycles. The fourth-order valence-corrected chi connectivity index (χ4v) is 1.75. The SMILES string of the molecule is COC(=O)C(O)c1cc2c(ccn2C)cc1F. The van der Waals surface area contributed by atoms with Gasteiger partial charge in [-0.15, -0.1) is 0 Å². The van der Waals surface area contributed by atoms with E-state index in [0.717, 1.165) is 12.6 Å². The summed E-state index contributed by atoms with van der Waals surface area (Å²) >= 11 is 0. The molecule has 1 aromatic carbocycles. The predicted molar refractivity (Wildman–Crippen MR) is 59.9 cm³/mol. The van der Waals surface area contributed by atoms with Crippen LogP contribution in [0.3, 0.4) is 0 Å². The van der Waals surface area contributed by atoms with Crippen molar-refractivity contribution in [1.82, 2.24) is 4.57 Å². The number of aryl methyl sites for hydroxylation is 1. The second-order valence-corrected chi connectivity index (χ2v) is 3.78. The summed E-state index contributed by atoms with van der Waals surface area (Å²) in [7, 11) is 2.94. The maximum absolute atomic E-state index is 13.7. The summed E-state index contributed by atoms with van der Waals surface area (Å²) in [4.78, 5) is 11.2. The lowest BCUT2D eigenvalue weighted by Gasteiger charge is -2.10. The Kier molecular flexibility index (Phi) is 2.85. The monoisotopic (exact) mass is 237 g/mol. The van der Waals surface area contributed by atoms with E-state index in [2.05, 4.69) is 4.74 Å². The molecule has 0 fully saturated rings. The largest absolute Gasteiger partial charge is 0.467 e. The number of aliphatic hydroxyl groups excluding tert-OH is 1. The first-order valence-electron chi connectivity index (χ1n) is 5.05. The van der Waals surface area contributed by atoms with Crippen LogP contribution in [0.25, 0.3) is 10.9 Å². The average Bonchev–Trinajstić information content (AvgIpc) is 2.67. The van der Waals surface area contributed by atoms with Crippen molar-refractivity contribution in [2.24, 2.45) is 7.05 Å². The van der Waals surface area contributed by atoms with Gasteiger partial charge in [-0.25, -0.2) is 9.18 Å². The van der Waals surface area contributed by atoms with Crippen LogP contribution in [0.4, 0.5) is 4.39 Å². The van der Waals surface area contributed by atoms with Gasteiger partial charge in [-0.2, -0.15) is 0 Å². The molecule has 0 aliphatic rings. The van der Waals surface area contributed by atoms with E-state index in [1.54, 1.807) is 23.9 Å². The number of benzene rings is 1. The van der Waals surface area contributed by atoms with Gasteiger partial charge in [-0.1, -0.05) is 0 Å². The predicted octanol–water partition coefficient (Wildman–Crippen LogP) is 1.52. The second kappa shape index (κ2) is 4.18. The molecule has 0 spiro atoms. The first kappa shape index (κ1) is 11.6. The summed E-state index contributed by atoms with van der Waals surface area (Å²) in [5.41, 5.74) is 0.663. The number of carbonyl (C=O) groups is 1. The van der Waals surface area contributed by atoms with Gasteiger partial charge >= 0.3 is 5.97 Å². The third-order valence-corrected chi connectivity index (χ3v) is 2.72. The van der Waals surface area contributed by atoms with Crippen LogP contribution in [0.5, 0.6) is 0 Å². The minimum Gasteiger partial charge on any atom is -0.467 e. The number of hydrogen-bond acceptors (Lipinski definition) is 3. The molecule has 0 amide bonds. The molecule has 1 unspecified atom stereocenters. The van der Waals surface area contributed by atoms with Crippen LogP contribution in [-0.2, 0) is 16.6 Å². The number of methoxy groups -OCH3 is 1. The Balaban J connectivity index is 2.56. The number of aromatic nitrogens is 1. The van der Waals surface area contributed by atoms with E-state index in [-0.39, 0.29) is 5.56 Å². The lowest BCUT2D eigenvalue weighted by Crippen LogP contribution is -2.15. The summed E-state index contributed by atoms with van der Waals surface area (Å²) in [6, 6.07) is 4.50. The molecule has 17 heavy (non-hydrogen) atoms. The van der Waals surface area contributed by atoms with E-state index in [1.165, 1.54) is 12.1 Å². The number of aliphatic hydroxyl groups is 1. The lowest BCUT2D eigenvalue weighted by molar-refractivity contribution is -0.150. The molecule has 0 saturated heterocycles. The molecule has 1 N–H and O–H groups in total. The smallest absolute Gasteiger partial charge is 0.339 e. The maximum atomic E-state index is 13.7. The number of fused-ring (bicyclic) bond motifs is 1. The highest BCUT2D eigenvalue weighted by atomic mass is 19.1. The highest BCUT2D eigenvalue weighted by molar-refractivity contribution is 5.83. The molecular formula is C12H12FNO3. The summed E-state index contributed by atoms with van der Waals surface area (Å²) < 4.78 is 19.9. The number of halogens is 1. The third kappa shape index (κ3) is 1.89. The normalized spacial score (nSPS) is 12.7. The number of carbonyl (C=O) groups excluding carboxylic acids is 1. The summed E-state index contributed by atoms with van der Waals surface area (Å²) in [6.07, 6.45) is 0.178. The number of ether oxygens (including phenoxy) is 1. The first-order valence-corrected chi connectivity index (χ1v) is 5.05. The van der Waals surface area contributed by atoms with Crippen LogP contribution in [-0.4, -0.2) is 22.8 Å². The molecule has 1 aromatic heterocycles. The van der Waals surface area contributed by atoms with Gasteiger partial charge in [-0.05, 0) is 18.2 Å². The average molecular weight is 237 g/mol. The molecule has 0 bridgehead atoms. The van der Waals surface area contributed by atoms with Crippen LogP contribution in [0.15, 0.2) is 24.4 Å². The molecule has 2 aromatic rings. The van der Waals surface area contributed by atoms with Crippen molar-refractivity contribution >= 4 is 16.9 Å². The van der Waals surface area contributed by atoms with E-state index in [1.807, 2.05) is 0 Å². The van der Waals surface area contributed by atoms with Crippen LogP contribution < -0.4 is 0 Å². The van der Waals surface area contributed by atoms with Crippen molar-refractivity contribution in [1.29, 1.82) is 0 Å². The topological polar surface area (TPSA) is 51.5 Å². The van der Waals surface area contributed by atoms with Gasteiger partial charge in [0, 0.05) is 29.7 Å². The molecular weight excluding hydrogens is 225 g/mol. The minimum absolute atomic E-state index is 0.0776. The molecule has 2 rings (SSSR count). The molecule has 4 nitrogen and oxygen atoms in total. The van der Waals surface area contributed by atoms with E-state index in [4.69, 9.17) is 0 Å². The zero-order chi connectivity index (χ0) is 12.6. The molecule has 1 atom stereocenters. The van der Waals surface area contributed by atoms with Gasteiger partial charge in [-0.3, -0.25) is 0 Å². The van der Waals surface area contributed by atoms with Crippen molar-refractivity contribution in [3.8, 4) is 0 Å². The Labute approximate surface area is 97.2 Å². The van der Waals surface area contributed by atoms with Crippen molar-refractivity contribution in [3.63, 3.8) is 0 Å². The zero-order valence-corrected chi connectivity index (χ0v) is 9.48. The van der Waals surface area contributed by atoms with Crippen LogP contribution in [0.2, 0.25) is 0 Å². The molecule has 1 heterocycles. The highest BCUT2D eigenvalue weighted by Crippen LogP contribution is 2.25. The van der Waals surface area contributed by atoms with E-state index in [9.17, 15) is 14.3 Å². The number of esters is 1. The minimum atomic E-state index is -1.60. The van der Waals surface area contributed by atoms with Crippen LogP contribution in [0.1, 0.15) is 11.7 Å². The summed E-state index contributed by atoms with van der Waals surface area (Å²) in [6.45, 7) is 0. The van der Waals surface area contributed by atoms with Gasteiger partial charge in [0.1, 0.15) is 5.82 Å². The summed E-state index contributed by atoms with van der Waals surface area (Å²) in [5.74, 6) is -1.50. The zero-order valence-electron chi connectivity index (χ0n) is 9.48. The van der Waals surface area contributed by atoms with Gasteiger partial charge in [0.2, 0.25) is 0 Å². The van der Waals surface area contributed by atoms with Gasteiger partial charge in [0.25, 0.3) is 0 Å². The molecule has 5 heteroatoms. The van der Waals surface area contributed by atoms with Gasteiger partial charge < -0.3 is 14.4 Å². The lowest BCUT2D eigenvalue weighted by atomic mass is 10.1. The van der Waals surface area contributed by atoms with E-state index in [0.29, 0.717) is 5.39 Å². The molecule has 0 aliphatic heterocycles. The fraction of sp³-hybridized carbons (Fsp3) is 0.250. The first-order chi connectivity index (χ1) is 8.04. The van der Waals surface area contributed by atoms with Crippen molar-refractivity contribution in [3.05, 3.63) is 35.8 Å². The Morgan fingerprint density at radius 1 is 1.53 bits per heavy atom. The van der Waals surface area contributed by atoms with Crippen LogP contribution in [0, 0.1) is 5.82 Å². The van der Waals surface area contributed by atoms with E-state index >= 15 is 0 Å². The second-order valence-electron chi connectivity index (χ2n) is 3.78. The third-order valence-electron chi connectivity index (χ3n) is 2.72. The highest BCUT2D eigenvalue weighted by Gasteiger charge is 2.22. The van der Waals surface area contributed by atoms with Gasteiger partial charge in [0.05, 0.1) is 7.11 Å². The van der Waals surface area contributed by atoms with Crippen molar-refractivity contribution < 1.29 is 19.0 Å². The van der Waals surface area contributed by atoms with Gasteiger partial charge in [0.15, 0.2) is 6.10 Å². The van der Waals surface area contributed by atoms with Crippen molar-refractivity contribution in [2.75, 3.05) is 7.11 Å². The standard InChI is InChI=1S/C12H12FNO3/c1-14-4-3-7-5-9(13)8(6-10(7)14)11(15)12(16)17-2/h3-6,11,15H,1-2H3. The number of nitrogens with zero attached hydrogens (tertiary/aromatic N) is 1. The molecule has 90 valence electrons. The van der Waals surface area contributed by atoms with E-state index < -0.39 is 17.9 Å². The number of hydrogen-bond donors (Lipinski definition) is 1. The molecule has 0 aliphatic carbocycles. The number of rotatable bonds is 2. The van der Waals surface area contributed by atoms with Crippen molar-refractivity contribution in [2.45, 2.75) is 6.10 Å². The quantitative estimate of drug-likeness (QED) is 0.806. The Morgan fingerprint density at radius 3 is 2.88 bits per heavy atom. The Hall–Kier alpha value is -1.88. The van der Waals surface area contributed by atoms with Crippen LogP contribution >= 0.6 is 0 Å². The summed E-state index contributed by atoms with van der Waals surface area (Å²) in [5, 5.41) is 10.3. The molecule has 0 radical (unpaired) electrons. The fourth-order valence-electron chi connectivity index (χ4n) is 1.75. The maximum Gasteiger partial charge on any atom is 0.339 e. The Bertz CT molecular complexity index is 576. The Morgan fingerprint density at radius 2 is 2.24 bits per heavy atom.